The molecule has 0 fully saturated rings. The fourth-order valence-electron chi connectivity index (χ4n) is 4.56. The van der Waals surface area contributed by atoms with Crippen LogP contribution in [0, 0.1) is 5.92 Å². The first-order chi connectivity index (χ1) is 14.8. The minimum Gasteiger partial charge on any atom is -0.481 e. The SMILES string of the molecule is CC(NC(=O)c1ccccc1)C(=O)N[C@H]1CCc2ccn3c2C1C(=O)C[C@H](C(=O)O)C3. The number of carbonyl (C=O) groups is 4. The van der Waals surface area contributed by atoms with Crippen LogP contribution in [0.5, 0.6) is 0 Å². The Balaban J connectivity index is 1.49. The minimum absolute atomic E-state index is 0.0617. The van der Waals surface area contributed by atoms with Gasteiger partial charge in [0.2, 0.25) is 5.91 Å². The van der Waals surface area contributed by atoms with Gasteiger partial charge in [0.05, 0.1) is 11.8 Å². The van der Waals surface area contributed by atoms with E-state index in [1.54, 1.807) is 37.3 Å². The zero-order valence-corrected chi connectivity index (χ0v) is 17.2. The number of hydrogen-bond acceptors (Lipinski definition) is 4. The van der Waals surface area contributed by atoms with Gasteiger partial charge in [-0.2, -0.15) is 0 Å². The molecule has 2 unspecified atom stereocenters. The summed E-state index contributed by atoms with van der Waals surface area (Å²) in [6.07, 6.45) is 3.04. The molecule has 1 aromatic carbocycles. The van der Waals surface area contributed by atoms with Crippen LogP contribution < -0.4 is 10.6 Å². The van der Waals surface area contributed by atoms with Crippen LogP contribution in [-0.4, -0.2) is 45.3 Å². The van der Waals surface area contributed by atoms with Crippen molar-refractivity contribution < 1.29 is 24.3 Å². The highest BCUT2D eigenvalue weighted by Crippen LogP contribution is 2.38. The largest absolute Gasteiger partial charge is 0.481 e. The quantitative estimate of drug-likeness (QED) is 0.674. The van der Waals surface area contributed by atoms with Gasteiger partial charge in [-0.15, -0.1) is 0 Å². The number of hydrogen-bond donors (Lipinski definition) is 3. The average Bonchev–Trinajstić information content (AvgIpc) is 3.08. The molecular formula is C23H25N3O5. The summed E-state index contributed by atoms with van der Waals surface area (Å²) in [5, 5.41) is 15.1. The highest BCUT2D eigenvalue weighted by molar-refractivity contribution is 5.97. The van der Waals surface area contributed by atoms with Crippen molar-refractivity contribution in [3.8, 4) is 0 Å². The fraction of sp³-hybridized carbons (Fsp3) is 0.391. The van der Waals surface area contributed by atoms with Gasteiger partial charge < -0.3 is 20.3 Å². The summed E-state index contributed by atoms with van der Waals surface area (Å²) in [5.41, 5.74) is 2.30. The first-order valence-corrected chi connectivity index (χ1v) is 10.4. The molecule has 2 aliphatic rings. The molecule has 31 heavy (non-hydrogen) atoms. The summed E-state index contributed by atoms with van der Waals surface area (Å²) in [7, 11) is 0. The van der Waals surface area contributed by atoms with E-state index in [4.69, 9.17) is 0 Å². The Morgan fingerprint density at radius 2 is 1.90 bits per heavy atom. The van der Waals surface area contributed by atoms with E-state index in [2.05, 4.69) is 10.6 Å². The van der Waals surface area contributed by atoms with Gasteiger partial charge in [-0.1, -0.05) is 18.2 Å². The van der Waals surface area contributed by atoms with Gasteiger partial charge in [-0.25, -0.2) is 0 Å². The number of aromatic nitrogens is 1. The Labute approximate surface area is 179 Å². The van der Waals surface area contributed by atoms with Gasteiger partial charge in [0.25, 0.3) is 5.91 Å². The number of benzene rings is 1. The molecule has 4 atom stereocenters. The third kappa shape index (κ3) is 4.10. The number of carbonyl (C=O) groups excluding carboxylic acids is 3. The zero-order chi connectivity index (χ0) is 22.1. The Kier molecular flexibility index (Phi) is 5.63. The van der Waals surface area contributed by atoms with Crippen LogP contribution in [0.4, 0.5) is 0 Å². The average molecular weight is 423 g/mol. The van der Waals surface area contributed by atoms with Crippen molar-refractivity contribution >= 4 is 23.6 Å². The lowest BCUT2D eigenvalue weighted by atomic mass is 9.79. The maximum Gasteiger partial charge on any atom is 0.308 e. The van der Waals surface area contributed by atoms with Crippen LogP contribution in [0.15, 0.2) is 42.6 Å². The summed E-state index contributed by atoms with van der Waals surface area (Å²) in [6.45, 7) is 1.85. The Morgan fingerprint density at radius 3 is 2.61 bits per heavy atom. The third-order valence-electron chi connectivity index (χ3n) is 6.18. The lowest BCUT2D eigenvalue weighted by Crippen LogP contribution is -2.51. The third-order valence-corrected chi connectivity index (χ3v) is 6.18. The van der Waals surface area contributed by atoms with Gasteiger partial charge >= 0.3 is 5.97 Å². The Hall–Kier alpha value is -3.42. The number of carboxylic acid groups (broad SMARTS) is 1. The summed E-state index contributed by atoms with van der Waals surface area (Å²) < 4.78 is 1.85. The molecule has 4 rings (SSSR count). The number of carboxylic acids is 1. The van der Waals surface area contributed by atoms with Gasteiger partial charge in [-0.3, -0.25) is 19.2 Å². The highest BCUT2D eigenvalue weighted by Gasteiger charge is 2.42. The topological polar surface area (TPSA) is 118 Å². The van der Waals surface area contributed by atoms with Crippen molar-refractivity contribution in [2.45, 2.75) is 50.7 Å². The van der Waals surface area contributed by atoms with Crippen molar-refractivity contribution in [3.05, 3.63) is 59.4 Å². The van der Waals surface area contributed by atoms with E-state index < -0.39 is 29.9 Å². The molecule has 0 bridgehead atoms. The Morgan fingerprint density at radius 1 is 1.16 bits per heavy atom. The molecule has 1 aromatic heterocycles. The monoisotopic (exact) mass is 423 g/mol. The number of nitrogens with zero attached hydrogens (tertiary/aromatic N) is 1. The minimum atomic E-state index is -0.993. The number of nitrogens with one attached hydrogen (secondary N) is 2. The number of Topliss-reactive ketones (excluding diaryl/α,β-unsaturated/α-hetero) is 1. The second-order valence-corrected chi connectivity index (χ2v) is 8.28. The maximum atomic E-state index is 13.0. The molecule has 3 N–H and O–H groups in total. The first-order valence-electron chi connectivity index (χ1n) is 10.4. The number of ketones is 1. The van der Waals surface area contributed by atoms with Crippen LogP contribution in [0.25, 0.3) is 0 Å². The zero-order valence-electron chi connectivity index (χ0n) is 17.2. The van der Waals surface area contributed by atoms with Crippen LogP contribution in [-0.2, 0) is 27.3 Å². The van der Waals surface area contributed by atoms with E-state index in [-0.39, 0.29) is 30.6 Å². The second kappa shape index (κ2) is 8.37. The normalized spacial score (nSPS) is 23.3. The van der Waals surface area contributed by atoms with Gasteiger partial charge in [0.15, 0.2) is 0 Å². The van der Waals surface area contributed by atoms with Crippen molar-refractivity contribution in [3.63, 3.8) is 0 Å². The molecule has 0 saturated heterocycles. The predicted octanol–water partition coefficient (Wildman–Crippen LogP) is 1.49. The molecule has 8 heteroatoms. The second-order valence-electron chi connectivity index (χ2n) is 8.28. The summed E-state index contributed by atoms with van der Waals surface area (Å²) in [5.74, 6) is -3.25. The molecule has 2 heterocycles. The van der Waals surface area contributed by atoms with Gasteiger partial charge in [-0.05, 0) is 43.5 Å². The molecule has 1 aliphatic carbocycles. The highest BCUT2D eigenvalue weighted by atomic mass is 16.4. The first kappa shape index (κ1) is 20.8. The number of amides is 2. The van der Waals surface area contributed by atoms with E-state index >= 15 is 0 Å². The van der Waals surface area contributed by atoms with E-state index in [1.807, 2.05) is 16.8 Å². The molecule has 2 aromatic rings. The van der Waals surface area contributed by atoms with E-state index in [0.29, 0.717) is 18.4 Å². The van der Waals surface area contributed by atoms with Crippen molar-refractivity contribution in [1.29, 1.82) is 0 Å². The molecule has 1 aliphatic heterocycles. The van der Waals surface area contributed by atoms with E-state index in [1.165, 1.54) is 0 Å². The lowest BCUT2D eigenvalue weighted by molar-refractivity contribution is -0.144. The molecule has 0 radical (unpaired) electrons. The Bertz CT molecular complexity index is 1030. The molecule has 162 valence electrons. The molecule has 2 amide bonds. The van der Waals surface area contributed by atoms with E-state index in [0.717, 1.165) is 11.3 Å². The molecule has 0 spiro atoms. The summed E-state index contributed by atoms with van der Waals surface area (Å²) >= 11 is 0. The van der Waals surface area contributed by atoms with Crippen LogP contribution in [0.1, 0.15) is 47.3 Å². The standard InChI is InChI=1S/C23H25N3O5/c1-13(24-22(29)15-5-3-2-4-6-15)21(28)25-17-8-7-14-9-10-26-12-16(23(30)31)11-18(27)19(17)20(14)26/h2-6,9-10,13,16-17,19H,7-8,11-12H2,1H3,(H,24,29)(H,25,28)(H,30,31)/t13?,16-,17-,19?/m0/s1. The van der Waals surface area contributed by atoms with Gasteiger partial charge in [0.1, 0.15) is 11.8 Å². The maximum absolute atomic E-state index is 13.0. The number of aliphatic carboxylic acids is 1. The predicted molar refractivity (Wildman–Crippen MR) is 112 cm³/mol. The van der Waals surface area contributed by atoms with Crippen LogP contribution in [0.3, 0.4) is 0 Å². The van der Waals surface area contributed by atoms with Crippen LogP contribution >= 0.6 is 0 Å². The smallest absolute Gasteiger partial charge is 0.308 e. The van der Waals surface area contributed by atoms with E-state index in [9.17, 15) is 24.3 Å². The van der Waals surface area contributed by atoms with Crippen molar-refractivity contribution in [2.24, 2.45) is 5.92 Å². The van der Waals surface area contributed by atoms with Crippen molar-refractivity contribution in [1.82, 2.24) is 15.2 Å². The number of aryl methyl sites for hydroxylation is 1. The van der Waals surface area contributed by atoms with Crippen LogP contribution in [0.2, 0.25) is 0 Å². The molecular weight excluding hydrogens is 398 g/mol. The van der Waals surface area contributed by atoms with Crippen molar-refractivity contribution in [2.75, 3.05) is 0 Å². The molecule has 0 saturated carbocycles. The summed E-state index contributed by atoms with van der Waals surface area (Å²) in [4.78, 5) is 49.8. The van der Waals surface area contributed by atoms with Gasteiger partial charge in [0, 0.05) is 36.5 Å². The molecule has 8 nitrogen and oxygen atoms in total. The lowest BCUT2D eigenvalue weighted by Gasteiger charge is -2.32. The number of rotatable bonds is 5. The summed E-state index contributed by atoms with van der Waals surface area (Å²) in [6, 6.07) is 9.34. The fourth-order valence-corrected chi connectivity index (χ4v) is 4.56.